The second-order valence-corrected chi connectivity index (χ2v) is 7.22. The van der Waals surface area contributed by atoms with Gasteiger partial charge in [0.15, 0.2) is 5.11 Å². The highest BCUT2D eigenvalue weighted by atomic mass is 32.1. The molecule has 1 saturated heterocycles. The van der Waals surface area contributed by atoms with Crippen molar-refractivity contribution in [3.05, 3.63) is 59.2 Å². The second-order valence-electron chi connectivity index (χ2n) is 6.83. The highest BCUT2D eigenvalue weighted by molar-refractivity contribution is 7.80. The number of rotatable bonds is 2. The van der Waals surface area contributed by atoms with Gasteiger partial charge < -0.3 is 15.1 Å². The molecule has 0 amide bonds. The fraction of sp³-hybridized carbons (Fsp3) is 0.350. The molecule has 7 heteroatoms. The SMILES string of the molecule is Cc1cc(C)cc(NC(=S)N2CCN(c3cccc(C(F)(F)F)c3)CC2)c1. The predicted octanol–water partition coefficient (Wildman–Crippen LogP) is 4.84. The van der Waals surface area contributed by atoms with Gasteiger partial charge in [-0.2, -0.15) is 13.2 Å². The Kier molecular flexibility index (Phi) is 5.60. The van der Waals surface area contributed by atoms with Crippen LogP contribution in [0, 0.1) is 13.8 Å². The zero-order valence-electron chi connectivity index (χ0n) is 15.3. The summed E-state index contributed by atoms with van der Waals surface area (Å²) in [6.45, 7) is 6.63. The van der Waals surface area contributed by atoms with Crippen LogP contribution in [0.1, 0.15) is 16.7 Å². The highest BCUT2D eigenvalue weighted by Gasteiger charge is 2.31. The van der Waals surface area contributed by atoms with E-state index in [4.69, 9.17) is 12.2 Å². The molecule has 2 aromatic carbocycles. The summed E-state index contributed by atoms with van der Waals surface area (Å²) in [7, 11) is 0. The second kappa shape index (κ2) is 7.76. The number of piperazine rings is 1. The number of hydrogen-bond donors (Lipinski definition) is 1. The van der Waals surface area contributed by atoms with Crippen molar-refractivity contribution in [1.29, 1.82) is 0 Å². The lowest BCUT2D eigenvalue weighted by Gasteiger charge is -2.37. The first-order valence-corrected chi connectivity index (χ1v) is 9.19. The quantitative estimate of drug-likeness (QED) is 0.736. The van der Waals surface area contributed by atoms with Crippen molar-refractivity contribution in [1.82, 2.24) is 4.90 Å². The molecule has 27 heavy (non-hydrogen) atoms. The zero-order chi connectivity index (χ0) is 19.6. The number of benzene rings is 2. The van der Waals surface area contributed by atoms with Crippen molar-refractivity contribution in [2.75, 3.05) is 36.4 Å². The van der Waals surface area contributed by atoms with Gasteiger partial charge in [-0.1, -0.05) is 12.1 Å². The maximum Gasteiger partial charge on any atom is 0.416 e. The molecule has 0 aliphatic carbocycles. The van der Waals surface area contributed by atoms with Crippen molar-refractivity contribution in [3.8, 4) is 0 Å². The van der Waals surface area contributed by atoms with Gasteiger partial charge >= 0.3 is 6.18 Å². The minimum Gasteiger partial charge on any atom is -0.368 e. The normalized spacial score (nSPS) is 15.0. The number of alkyl halides is 3. The number of aryl methyl sites for hydroxylation is 2. The highest BCUT2D eigenvalue weighted by Crippen LogP contribution is 2.31. The van der Waals surface area contributed by atoms with E-state index in [2.05, 4.69) is 16.3 Å². The molecule has 0 radical (unpaired) electrons. The molecular weight excluding hydrogens is 371 g/mol. The van der Waals surface area contributed by atoms with E-state index >= 15 is 0 Å². The average Bonchev–Trinajstić information content (AvgIpc) is 2.60. The molecule has 0 unspecified atom stereocenters. The van der Waals surface area contributed by atoms with Crippen molar-refractivity contribution in [2.45, 2.75) is 20.0 Å². The Morgan fingerprint density at radius 3 is 2.19 bits per heavy atom. The Morgan fingerprint density at radius 2 is 1.59 bits per heavy atom. The maximum absolute atomic E-state index is 12.9. The molecule has 1 aliphatic heterocycles. The van der Waals surface area contributed by atoms with Gasteiger partial charge in [-0.15, -0.1) is 0 Å². The van der Waals surface area contributed by atoms with Gasteiger partial charge in [-0.3, -0.25) is 0 Å². The molecular formula is C20H22F3N3S. The summed E-state index contributed by atoms with van der Waals surface area (Å²) in [5.41, 5.74) is 3.26. The fourth-order valence-electron chi connectivity index (χ4n) is 3.30. The minimum absolute atomic E-state index is 0.595. The Hall–Kier alpha value is -2.28. The summed E-state index contributed by atoms with van der Waals surface area (Å²) in [6.07, 6.45) is -4.32. The molecule has 1 fully saturated rings. The van der Waals surface area contributed by atoms with Gasteiger partial charge in [-0.25, -0.2) is 0 Å². The monoisotopic (exact) mass is 393 g/mol. The first-order valence-electron chi connectivity index (χ1n) is 8.79. The van der Waals surface area contributed by atoms with E-state index in [0.717, 1.165) is 22.9 Å². The molecule has 0 spiro atoms. The maximum atomic E-state index is 12.9. The Balaban J connectivity index is 1.61. The van der Waals surface area contributed by atoms with E-state index in [1.807, 2.05) is 30.9 Å². The number of hydrogen-bond acceptors (Lipinski definition) is 2. The molecule has 0 atom stereocenters. The van der Waals surface area contributed by atoms with Gasteiger partial charge in [-0.05, 0) is 67.5 Å². The predicted molar refractivity (Wildman–Crippen MR) is 107 cm³/mol. The van der Waals surface area contributed by atoms with Crippen LogP contribution in [0.4, 0.5) is 24.5 Å². The van der Waals surface area contributed by atoms with Crippen LogP contribution in [-0.2, 0) is 6.18 Å². The third-order valence-electron chi connectivity index (χ3n) is 4.58. The lowest BCUT2D eigenvalue weighted by atomic mass is 10.1. The molecule has 1 heterocycles. The Bertz CT molecular complexity index is 807. The summed E-state index contributed by atoms with van der Waals surface area (Å²) in [4.78, 5) is 4.02. The lowest BCUT2D eigenvalue weighted by Crippen LogP contribution is -2.50. The molecule has 0 saturated carbocycles. The van der Waals surface area contributed by atoms with E-state index in [-0.39, 0.29) is 0 Å². The summed E-state index contributed by atoms with van der Waals surface area (Å²) in [5.74, 6) is 0. The van der Waals surface area contributed by atoms with Gasteiger partial charge in [0.2, 0.25) is 0 Å². The molecule has 3 nitrogen and oxygen atoms in total. The van der Waals surface area contributed by atoms with Crippen molar-refractivity contribution < 1.29 is 13.2 Å². The number of thiocarbonyl (C=S) groups is 1. The van der Waals surface area contributed by atoms with E-state index < -0.39 is 11.7 Å². The number of anilines is 2. The largest absolute Gasteiger partial charge is 0.416 e. The molecule has 2 aromatic rings. The van der Waals surface area contributed by atoms with Crippen LogP contribution < -0.4 is 10.2 Å². The van der Waals surface area contributed by atoms with Gasteiger partial charge in [0.1, 0.15) is 0 Å². The van der Waals surface area contributed by atoms with E-state index in [9.17, 15) is 13.2 Å². The minimum atomic E-state index is -4.32. The molecule has 0 bridgehead atoms. The van der Waals surface area contributed by atoms with Crippen LogP contribution in [0.3, 0.4) is 0 Å². The van der Waals surface area contributed by atoms with Crippen LogP contribution in [0.2, 0.25) is 0 Å². The molecule has 1 N–H and O–H groups in total. The smallest absolute Gasteiger partial charge is 0.368 e. The number of halogens is 3. The van der Waals surface area contributed by atoms with Gasteiger partial charge in [0, 0.05) is 37.6 Å². The van der Waals surface area contributed by atoms with Crippen LogP contribution >= 0.6 is 12.2 Å². The van der Waals surface area contributed by atoms with Crippen LogP contribution in [-0.4, -0.2) is 36.2 Å². The first kappa shape index (κ1) is 19.5. The zero-order valence-corrected chi connectivity index (χ0v) is 16.1. The number of nitrogens with one attached hydrogen (secondary N) is 1. The van der Waals surface area contributed by atoms with Crippen molar-refractivity contribution in [3.63, 3.8) is 0 Å². The standard InChI is InChI=1S/C20H22F3N3S/c1-14-10-15(2)12-17(11-14)24-19(27)26-8-6-25(7-9-26)18-5-3-4-16(13-18)20(21,22)23/h3-5,10-13H,6-9H2,1-2H3,(H,24,27). The topological polar surface area (TPSA) is 18.5 Å². The van der Waals surface area contributed by atoms with Crippen LogP contribution in [0.15, 0.2) is 42.5 Å². The lowest BCUT2D eigenvalue weighted by molar-refractivity contribution is -0.137. The summed E-state index contributed by atoms with van der Waals surface area (Å²) in [5, 5.41) is 3.91. The number of nitrogens with zero attached hydrogens (tertiary/aromatic N) is 2. The van der Waals surface area contributed by atoms with Gasteiger partial charge in [0.05, 0.1) is 5.56 Å². The summed E-state index contributed by atoms with van der Waals surface area (Å²) >= 11 is 5.51. The molecule has 144 valence electrons. The van der Waals surface area contributed by atoms with E-state index in [0.29, 0.717) is 37.0 Å². The fourth-order valence-corrected chi connectivity index (χ4v) is 3.60. The molecule has 1 aliphatic rings. The van der Waals surface area contributed by atoms with Crippen molar-refractivity contribution in [2.24, 2.45) is 0 Å². The third kappa shape index (κ3) is 4.91. The van der Waals surface area contributed by atoms with Crippen molar-refractivity contribution >= 4 is 28.7 Å². The van der Waals surface area contributed by atoms with E-state index in [1.54, 1.807) is 6.07 Å². The Labute approximate surface area is 162 Å². The average molecular weight is 393 g/mol. The van der Waals surface area contributed by atoms with E-state index in [1.165, 1.54) is 12.1 Å². The Morgan fingerprint density at radius 1 is 0.963 bits per heavy atom. The summed E-state index contributed by atoms with van der Waals surface area (Å²) in [6, 6.07) is 11.7. The summed E-state index contributed by atoms with van der Waals surface area (Å²) < 4.78 is 38.7. The molecule has 0 aromatic heterocycles. The van der Waals surface area contributed by atoms with Crippen LogP contribution in [0.25, 0.3) is 0 Å². The first-order chi connectivity index (χ1) is 12.7. The third-order valence-corrected chi connectivity index (χ3v) is 4.94. The molecule has 3 rings (SSSR count). The van der Waals surface area contributed by atoms with Crippen LogP contribution in [0.5, 0.6) is 0 Å². The van der Waals surface area contributed by atoms with Gasteiger partial charge in [0.25, 0.3) is 0 Å².